The van der Waals surface area contributed by atoms with E-state index < -0.39 is 6.10 Å². The summed E-state index contributed by atoms with van der Waals surface area (Å²) in [6, 6.07) is 11.1. The normalized spacial score (nSPS) is 11.7. The minimum atomic E-state index is -0.658. The molecule has 8 heteroatoms. The smallest absolute Gasteiger partial charge is 0.263 e. The molecule has 0 aliphatic rings. The Kier molecular flexibility index (Phi) is 6.79. The first-order valence-electron chi connectivity index (χ1n) is 9.86. The van der Waals surface area contributed by atoms with Gasteiger partial charge in [0, 0.05) is 13.1 Å². The average molecular weight is 425 g/mol. The van der Waals surface area contributed by atoms with Crippen molar-refractivity contribution < 1.29 is 23.5 Å². The molecule has 0 N–H and O–H groups in total. The minimum Gasteiger partial charge on any atom is -0.497 e. The van der Waals surface area contributed by atoms with Crippen molar-refractivity contribution in [2.24, 2.45) is 0 Å². The molecule has 1 amide bonds. The third-order valence-corrected chi connectivity index (χ3v) is 5.07. The molecule has 0 aliphatic carbocycles. The molecule has 0 saturated heterocycles. The van der Waals surface area contributed by atoms with Gasteiger partial charge in [-0.2, -0.15) is 4.98 Å². The molecular weight excluding hydrogens is 398 g/mol. The zero-order valence-corrected chi connectivity index (χ0v) is 18.6. The van der Waals surface area contributed by atoms with E-state index in [9.17, 15) is 4.79 Å². The fourth-order valence-electron chi connectivity index (χ4n) is 3.10. The number of methoxy groups -OCH3 is 2. The summed E-state index contributed by atoms with van der Waals surface area (Å²) in [5.41, 5.74) is 2.79. The number of ether oxygens (including phenoxy) is 3. The molecule has 2 aromatic carbocycles. The number of carbonyl (C=O) groups is 1. The molecular formula is C23H27N3O5. The summed E-state index contributed by atoms with van der Waals surface area (Å²) in [5.74, 6) is 2.40. The second-order valence-electron chi connectivity index (χ2n) is 7.23. The van der Waals surface area contributed by atoms with Crippen molar-refractivity contribution in [2.45, 2.75) is 33.4 Å². The highest BCUT2D eigenvalue weighted by atomic mass is 16.5. The number of hydrogen-bond acceptors (Lipinski definition) is 7. The summed E-state index contributed by atoms with van der Waals surface area (Å²) in [6.07, 6.45) is -0.658. The first-order valence-corrected chi connectivity index (χ1v) is 9.86. The SMILES string of the molecule is COc1ccc(-c2noc(CN(C)C(=O)C(C)Oc3cccc(C)c3C)n2)c(OC)c1. The van der Waals surface area contributed by atoms with Gasteiger partial charge >= 0.3 is 0 Å². The lowest BCUT2D eigenvalue weighted by Gasteiger charge is -2.21. The first kappa shape index (κ1) is 22.1. The van der Waals surface area contributed by atoms with Crippen molar-refractivity contribution in [3.63, 3.8) is 0 Å². The Morgan fingerprint density at radius 1 is 1.13 bits per heavy atom. The summed E-state index contributed by atoms with van der Waals surface area (Å²) in [7, 11) is 4.81. The fraction of sp³-hybridized carbons (Fsp3) is 0.348. The van der Waals surface area contributed by atoms with Crippen LogP contribution in [0, 0.1) is 13.8 Å². The molecule has 3 rings (SSSR count). The monoisotopic (exact) mass is 425 g/mol. The van der Waals surface area contributed by atoms with Crippen LogP contribution in [-0.4, -0.2) is 48.3 Å². The van der Waals surface area contributed by atoms with Gasteiger partial charge in [-0.25, -0.2) is 0 Å². The molecule has 1 heterocycles. The Bertz CT molecular complexity index is 1060. The highest BCUT2D eigenvalue weighted by Crippen LogP contribution is 2.31. The zero-order valence-electron chi connectivity index (χ0n) is 18.6. The quantitative estimate of drug-likeness (QED) is 0.542. The van der Waals surface area contributed by atoms with Gasteiger partial charge in [0.1, 0.15) is 17.2 Å². The van der Waals surface area contributed by atoms with Gasteiger partial charge in [0.25, 0.3) is 5.91 Å². The number of aryl methyl sites for hydroxylation is 1. The summed E-state index contributed by atoms with van der Waals surface area (Å²) < 4.78 is 21.8. The predicted octanol–water partition coefficient (Wildman–Crippen LogP) is 3.80. The van der Waals surface area contributed by atoms with Crippen LogP contribution in [0.5, 0.6) is 17.2 Å². The van der Waals surface area contributed by atoms with Crippen molar-refractivity contribution in [3.05, 3.63) is 53.4 Å². The van der Waals surface area contributed by atoms with E-state index in [-0.39, 0.29) is 12.5 Å². The Morgan fingerprint density at radius 3 is 2.61 bits per heavy atom. The van der Waals surface area contributed by atoms with Crippen molar-refractivity contribution in [1.82, 2.24) is 15.0 Å². The highest BCUT2D eigenvalue weighted by molar-refractivity contribution is 5.80. The summed E-state index contributed by atoms with van der Waals surface area (Å²) >= 11 is 0. The molecule has 0 bridgehead atoms. The standard InChI is InChI=1S/C23H27N3O5/c1-14-8-7-9-19(15(14)2)30-16(3)23(27)26(4)13-21-24-22(25-31-21)18-11-10-17(28-5)12-20(18)29-6/h7-12,16H,13H2,1-6H3. The Labute approximate surface area is 181 Å². The number of benzene rings is 2. The number of hydrogen-bond donors (Lipinski definition) is 0. The van der Waals surface area contributed by atoms with Gasteiger partial charge in [0.05, 0.1) is 26.3 Å². The topological polar surface area (TPSA) is 86.9 Å². The van der Waals surface area contributed by atoms with Crippen molar-refractivity contribution in [1.29, 1.82) is 0 Å². The summed E-state index contributed by atoms with van der Waals surface area (Å²) in [5, 5.41) is 4.02. The molecule has 1 atom stereocenters. The molecule has 31 heavy (non-hydrogen) atoms. The van der Waals surface area contributed by atoms with Crippen LogP contribution in [0.3, 0.4) is 0 Å². The molecule has 1 unspecified atom stereocenters. The maximum absolute atomic E-state index is 12.8. The molecule has 0 fully saturated rings. The third kappa shape index (κ3) is 4.96. The van der Waals surface area contributed by atoms with Gasteiger partial charge in [-0.05, 0) is 50.1 Å². The van der Waals surface area contributed by atoms with Gasteiger partial charge in [-0.3, -0.25) is 4.79 Å². The largest absolute Gasteiger partial charge is 0.497 e. The van der Waals surface area contributed by atoms with E-state index in [0.29, 0.717) is 34.5 Å². The number of nitrogens with zero attached hydrogens (tertiary/aromatic N) is 3. The van der Waals surface area contributed by atoms with E-state index in [1.807, 2.05) is 32.0 Å². The van der Waals surface area contributed by atoms with Gasteiger partial charge < -0.3 is 23.6 Å². The second kappa shape index (κ2) is 9.51. The maximum atomic E-state index is 12.8. The molecule has 3 aromatic rings. The number of rotatable bonds is 8. The van der Waals surface area contributed by atoms with Gasteiger partial charge in [-0.15, -0.1) is 0 Å². The van der Waals surface area contributed by atoms with Crippen LogP contribution in [0.4, 0.5) is 0 Å². The van der Waals surface area contributed by atoms with E-state index in [2.05, 4.69) is 10.1 Å². The van der Waals surface area contributed by atoms with Gasteiger partial charge in [-0.1, -0.05) is 17.3 Å². The molecule has 0 radical (unpaired) electrons. The van der Waals surface area contributed by atoms with Crippen LogP contribution < -0.4 is 14.2 Å². The van der Waals surface area contributed by atoms with Gasteiger partial charge in [0.2, 0.25) is 11.7 Å². The average Bonchev–Trinajstić information content (AvgIpc) is 3.23. The minimum absolute atomic E-state index is 0.158. The first-order chi connectivity index (χ1) is 14.8. The van der Waals surface area contributed by atoms with E-state index in [4.69, 9.17) is 18.7 Å². The lowest BCUT2D eigenvalue weighted by Crippen LogP contribution is -2.37. The number of carbonyl (C=O) groups excluding carboxylic acids is 1. The Morgan fingerprint density at radius 2 is 1.90 bits per heavy atom. The highest BCUT2D eigenvalue weighted by Gasteiger charge is 2.23. The maximum Gasteiger partial charge on any atom is 0.263 e. The van der Waals surface area contributed by atoms with Crippen LogP contribution in [0.15, 0.2) is 40.9 Å². The van der Waals surface area contributed by atoms with E-state index in [0.717, 1.165) is 11.1 Å². The van der Waals surface area contributed by atoms with Crippen molar-refractivity contribution >= 4 is 5.91 Å². The number of likely N-dealkylation sites (N-methyl/N-ethyl adjacent to an activating group) is 1. The van der Waals surface area contributed by atoms with Crippen LogP contribution in [-0.2, 0) is 11.3 Å². The van der Waals surface area contributed by atoms with Crippen LogP contribution in [0.2, 0.25) is 0 Å². The molecule has 1 aromatic heterocycles. The molecule has 8 nitrogen and oxygen atoms in total. The fourth-order valence-corrected chi connectivity index (χ4v) is 3.10. The van der Waals surface area contributed by atoms with Crippen LogP contribution >= 0.6 is 0 Å². The molecule has 0 spiro atoms. The van der Waals surface area contributed by atoms with E-state index in [1.54, 1.807) is 46.4 Å². The lowest BCUT2D eigenvalue weighted by molar-refractivity contribution is -0.137. The Balaban J connectivity index is 1.68. The van der Waals surface area contributed by atoms with E-state index >= 15 is 0 Å². The third-order valence-electron chi connectivity index (χ3n) is 5.07. The molecule has 0 aliphatic heterocycles. The second-order valence-corrected chi connectivity index (χ2v) is 7.23. The number of aromatic nitrogens is 2. The molecule has 0 saturated carbocycles. The van der Waals surface area contributed by atoms with E-state index in [1.165, 1.54) is 4.90 Å². The van der Waals surface area contributed by atoms with Gasteiger partial charge in [0.15, 0.2) is 6.10 Å². The predicted molar refractivity (Wildman–Crippen MR) is 115 cm³/mol. The lowest BCUT2D eigenvalue weighted by atomic mass is 10.1. The van der Waals surface area contributed by atoms with Crippen LogP contribution in [0.25, 0.3) is 11.4 Å². The summed E-state index contributed by atoms with van der Waals surface area (Å²) in [4.78, 5) is 18.7. The molecule has 164 valence electrons. The summed E-state index contributed by atoms with van der Waals surface area (Å²) in [6.45, 7) is 5.86. The van der Waals surface area contributed by atoms with Crippen molar-refractivity contribution in [3.8, 4) is 28.6 Å². The number of amides is 1. The Hall–Kier alpha value is -3.55. The van der Waals surface area contributed by atoms with Crippen LogP contribution in [0.1, 0.15) is 23.9 Å². The zero-order chi connectivity index (χ0) is 22.5. The van der Waals surface area contributed by atoms with Crippen molar-refractivity contribution in [2.75, 3.05) is 21.3 Å².